The van der Waals surface area contributed by atoms with Crippen molar-refractivity contribution in [3.8, 4) is 0 Å². The lowest BCUT2D eigenvalue weighted by atomic mass is 10.1. The van der Waals surface area contributed by atoms with Gasteiger partial charge in [0.25, 0.3) is 0 Å². The van der Waals surface area contributed by atoms with Gasteiger partial charge in [0.2, 0.25) is 0 Å². The Kier molecular flexibility index (Phi) is 4.34. The van der Waals surface area contributed by atoms with Crippen LogP contribution in [0.2, 0.25) is 0 Å². The van der Waals surface area contributed by atoms with Gasteiger partial charge >= 0.3 is 6.03 Å². The van der Waals surface area contributed by atoms with E-state index in [1.807, 2.05) is 31.2 Å². The van der Waals surface area contributed by atoms with Crippen LogP contribution in [0.3, 0.4) is 0 Å². The zero-order valence-electron chi connectivity index (χ0n) is 13.2. The van der Waals surface area contributed by atoms with Crippen molar-refractivity contribution < 1.29 is 9.21 Å². The molecule has 5 nitrogen and oxygen atoms in total. The number of amides is 2. The number of hydrogen-bond donors (Lipinski definition) is 2. The summed E-state index contributed by atoms with van der Waals surface area (Å²) in [6.45, 7) is 3.76. The molecule has 22 heavy (non-hydrogen) atoms. The minimum Gasteiger partial charge on any atom is -0.459 e. The Morgan fingerprint density at radius 3 is 3.09 bits per heavy atom. The van der Waals surface area contributed by atoms with Gasteiger partial charge in [-0.1, -0.05) is 12.1 Å². The molecule has 2 amide bonds. The second-order valence-electron chi connectivity index (χ2n) is 6.03. The van der Waals surface area contributed by atoms with Crippen LogP contribution in [0, 0.1) is 6.92 Å². The fraction of sp³-hybridized carbons (Fsp3) is 0.471. The van der Waals surface area contributed by atoms with Gasteiger partial charge in [0, 0.05) is 18.0 Å². The zero-order valence-corrected chi connectivity index (χ0v) is 13.2. The number of anilines is 1. The number of benzene rings is 1. The fourth-order valence-electron chi connectivity index (χ4n) is 3.15. The van der Waals surface area contributed by atoms with Crippen LogP contribution in [0.1, 0.15) is 25.0 Å². The molecule has 0 aliphatic carbocycles. The van der Waals surface area contributed by atoms with Crippen molar-refractivity contribution in [1.82, 2.24) is 10.2 Å². The summed E-state index contributed by atoms with van der Waals surface area (Å²) in [5.41, 5.74) is 1.44. The summed E-state index contributed by atoms with van der Waals surface area (Å²) in [6.07, 6.45) is 3.48. The number of carbonyl (C=O) groups is 1. The van der Waals surface area contributed by atoms with Crippen molar-refractivity contribution in [2.24, 2.45) is 0 Å². The smallest absolute Gasteiger partial charge is 0.319 e. The van der Waals surface area contributed by atoms with Crippen LogP contribution in [0.5, 0.6) is 0 Å². The van der Waals surface area contributed by atoms with Crippen LogP contribution in [-0.4, -0.2) is 37.1 Å². The molecule has 1 aliphatic heterocycles. The van der Waals surface area contributed by atoms with E-state index in [0.717, 1.165) is 29.7 Å². The van der Waals surface area contributed by atoms with Gasteiger partial charge in [-0.15, -0.1) is 0 Å². The molecule has 0 spiro atoms. The molecule has 0 radical (unpaired) electrons. The summed E-state index contributed by atoms with van der Waals surface area (Å²) in [5, 5.41) is 6.81. The van der Waals surface area contributed by atoms with Gasteiger partial charge < -0.3 is 20.0 Å². The van der Waals surface area contributed by atoms with Gasteiger partial charge in [0.15, 0.2) is 5.58 Å². The summed E-state index contributed by atoms with van der Waals surface area (Å²) in [6, 6.07) is 8.13. The van der Waals surface area contributed by atoms with Crippen LogP contribution in [0.4, 0.5) is 10.5 Å². The molecule has 1 aromatic carbocycles. The van der Waals surface area contributed by atoms with Gasteiger partial charge in [-0.2, -0.15) is 0 Å². The minimum atomic E-state index is -0.179. The molecular weight excluding hydrogens is 278 g/mol. The van der Waals surface area contributed by atoms with E-state index in [1.165, 1.54) is 12.8 Å². The second kappa shape index (κ2) is 6.40. The first-order valence-electron chi connectivity index (χ1n) is 7.88. The third-order valence-electron chi connectivity index (χ3n) is 4.35. The normalized spacial score (nSPS) is 18.7. The first-order valence-corrected chi connectivity index (χ1v) is 7.88. The quantitative estimate of drug-likeness (QED) is 0.910. The van der Waals surface area contributed by atoms with E-state index in [0.29, 0.717) is 18.3 Å². The van der Waals surface area contributed by atoms with Crippen molar-refractivity contribution in [3.63, 3.8) is 0 Å². The maximum absolute atomic E-state index is 12.0. The highest BCUT2D eigenvalue weighted by molar-refractivity contribution is 5.99. The number of urea groups is 1. The van der Waals surface area contributed by atoms with E-state index >= 15 is 0 Å². The van der Waals surface area contributed by atoms with Gasteiger partial charge in [0.1, 0.15) is 5.76 Å². The first-order chi connectivity index (χ1) is 10.6. The molecule has 5 heteroatoms. The topological polar surface area (TPSA) is 57.5 Å². The van der Waals surface area contributed by atoms with E-state index < -0.39 is 0 Å². The highest BCUT2D eigenvalue weighted by Gasteiger charge is 2.20. The van der Waals surface area contributed by atoms with Crippen molar-refractivity contribution in [3.05, 3.63) is 30.0 Å². The van der Waals surface area contributed by atoms with Crippen molar-refractivity contribution in [2.45, 2.75) is 32.2 Å². The predicted molar refractivity (Wildman–Crippen MR) is 88.2 cm³/mol. The summed E-state index contributed by atoms with van der Waals surface area (Å²) >= 11 is 0. The molecule has 1 aromatic heterocycles. The number of carbonyl (C=O) groups excluding carboxylic acids is 1. The second-order valence-corrected chi connectivity index (χ2v) is 6.03. The minimum absolute atomic E-state index is 0.179. The van der Waals surface area contributed by atoms with E-state index in [9.17, 15) is 4.79 Å². The number of para-hydroxylation sites is 1. The Labute approximate surface area is 130 Å². The lowest BCUT2D eigenvalue weighted by Crippen LogP contribution is -2.34. The molecule has 2 heterocycles. The monoisotopic (exact) mass is 301 g/mol. The van der Waals surface area contributed by atoms with Crippen molar-refractivity contribution in [2.75, 3.05) is 25.5 Å². The maximum atomic E-state index is 12.0. The molecule has 1 atom stereocenters. The molecule has 2 aromatic rings. The van der Waals surface area contributed by atoms with Crippen LogP contribution >= 0.6 is 0 Å². The number of nitrogens with zero attached hydrogens (tertiary/aromatic N) is 1. The van der Waals surface area contributed by atoms with Crippen LogP contribution in [-0.2, 0) is 0 Å². The van der Waals surface area contributed by atoms with Crippen molar-refractivity contribution >= 4 is 22.7 Å². The first kappa shape index (κ1) is 14.9. The molecule has 2 N–H and O–H groups in total. The Morgan fingerprint density at radius 2 is 2.32 bits per heavy atom. The molecule has 1 unspecified atom stereocenters. The number of hydrogen-bond acceptors (Lipinski definition) is 3. The highest BCUT2D eigenvalue weighted by Crippen LogP contribution is 2.26. The number of rotatable bonds is 4. The Bertz CT molecular complexity index is 665. The zero-order chi connectivity index (χ0) is 15.5. The third kappa shape index (κ3) is 3.25. The molecule has 0 bridgehead atoms. The van der Waals surface area contributed by atoms with Crippen LogP contribution in [0.15, 0.2) is 28.7 Å². The average molecular weight is 301 g/mol. The molecule has 1 aliphatic rings. The standard InChI is InChI=1S/C17H23N3O2/c1-12-11-13-5-3-7-15(16(13)22-12)19-17(21)18-9-8-14-6-4-10-20(14)2/h3,5,7,11,14H,4,6,8-10H2,1-2H3,(H2,18,19,21). The Morgan fingerprint density at radius 1 is 1.45 bits per heavy atom. The summed E-state index contributed by atoms with van der Waals surface area (Å²) < 4.78 is 5.65. The van der Waals surface area contributed by atoms with Gasteiger partial charge in [0.05, 0.1) is 5.69 Å². The maximum Gasteiger partial charge on any atom is 0.319 e. The summed E-state index contributed by atoms with van der Waals surface area (Å²) in [7, 11) is 2.15. The van der Waals surface area contributed by atoms with E-state index in [1.54, 1.807) is 0 Å². The lowest BCUT2D eigenvalue weighted by Gasteiger charge is -2.19. The van der Waals surface area contributed by atoms with Crippen LogP contribution in [0.25, 0.3) is 11.0 Å². The molecule has 118 valence electrons. The summed E-state index contributed by atoms with van der Waals surface area (Å²) in [5.74, 6) is 0.842. The van der Waals surface area contributed by atoms with Gasteiger partial charge in [-0.3, -0.25) is 0 Å². The number of nitrogens with one attached hydrogen (secondary N) is 2. The Balaban J connectivity index is 1.54. The fourth-order valence-corrected chi connectivity index (χ4v) is 3.15. The highest BCUT2D eigenvalue weighted by atomic mass is 16.3. The number of fused-ring (bicyclic) bond motifs is 1. The Hall–Kier alpha value is -2.01. The van der Waals surface area contributed by atoms with Gasteiger partial charge in [-0.05, 0) is 51.9 Å². The largest absolute Gasteiger partial charge is 0.459 e. The van der Waals surface area contributed by atoms with E-state index in [4.69, 9.17) is 4.42 Å². The molecule has 3 rings (SSSR count). The molecular formula is C17H23N3O2. The molecule has 1 saturated heterocycles. The third-order valence-corrected chi connectivity index (χ3v) is 4.35. The van der Waals surface area contributed by atoms with Crippen LogP contribution < -0.4 is 10.6 Å². The number of furan rings is 1. The number of likely N-dealkylation sites (tertiary alicyclic amines) is 1. The van der Waals surface area contributed by atoms with E-state index in [-0.39, 0.29) is 6.03 Å². The number of aryl methyl sites for hydroxylation is 1. The molecule has 1 fully saturated rings. The van der Waals surface area contributed by atoms with E-state index in [2.05, 4.69) is 22.6 Å². The lowest BCUT2D eigenvalue weighted by molar-refractivity contribution is 0.248. The van der Waals surface area contributed by atoms with Gasteiger partial charge in [-0.25, -0.2) is 4.79 Å². The predicted octanol–water partition coefficient (Wildman–Crippen LogP) is 3.35. The van der Waals surface area contributed by atoms with Crippen molar-refractivity contribution in [1.29, 1.82) is 0 Å². The summed E-state index contributed by atoms with van der Waals surface area (Å²) in [4.78, 5) is 14.4. The SMILES string of the molecule is Cc1cc2cccc(NC(=O)NCCC3CCCN3C)c2o1. The average Bonchev–Trinajstić information content (AvgIpc) is 3.05. The molecule has 0 saturated carbocycles.